The summed E-state index contributed by atoms with van der Waals surface area (Å²) in [6.45, 7) is 7.53. The van der Waals surface area contributed by atoms with Gasteiger partial charge >= 0.3 is 0 Å². The number of hydrogen-bond acceptors (Lipinski definition) is 3. The van der Waals surface area contributed by atoms with E-state index >= 15 is 0 Å². The fraction of sp³-hybridized carbons (Fsp3) is 0.476. The molecule has 0 N–H and O–H groups in total. The van der Waals surface area contributed by atoms with Crippen LogP contribution in [0.5, 0.6) is 0 Å². The van der Waals surface area contributed by atoms with Gasteiger partial charge in [-0.25, -0.2) is 9.37 Å². The summed E-state index contributed by atoms with van der Waals surface area (Å²) < 4.78 is 15.0. The summed E-state index contributed by atoms with van der Waals surface area (Å²) in [5.74, 6) is 0.698. The molecule has 2 aromatic rings. The Morgan fingerprint density at radius 3 is 2.61 bits per heavy atom. The van der Waals surface area contributed by atoms with Gasteiger partial charge in [-0.05, 0) is 30.5 Å². The number of aromatic nitrogens is 2. The van der Waals surface area contributed by atoms with Crippen molar-refractivity contribution in [3.8, 4) is 0 Å². The summed E-state index contributed by atoms with van der Waals surface area (Å²) >= 11 is 0. The Kier molecular flexibility index (Phi) is 6.11. The van der Waals surface area contributed by atoms with Gasteiger partial charge in [0, 0.05) is 38.4 Å². The van der Waals surface area contributed by atoms with E-state index in [-0.39, 0.29) is 36.1 Å². The third kappa shape index (κ3) is 4.58. The van der Waals surface area contributed by atoms with Crippen LogP contribution < -0.4 is 0 Å². The quantitative estimate of drug-likeness (QED) is 0.794. The van der Waals surface area contributed by atoms with E-state index in [1.807, 2.05) is 16.4 Å². The monoisotopic (exact) mass is 386 g/mol. The van der Waals surface area contributed by atoms with Crippen molar-refractivity contribution in [1.29, 1.82) is 0 Å². The zero-order valence-corrected chi connectivity index (χ0v) is 16.6. The van der Waals surface area contributed by atoms with E-state index in [4.69, 9.17) is 0 Å². The van der Waals surface area contributed by atoms with Crippen LogP contribution in [-0.4, -0.2) is 50.3 Å². The van der Waals surface area contributed by atoms with Crippen LogP contribution in [0.3, 0.4) is 0 Å². The molecule has 1 aromatic carbocycles. The number of benzene rings is 1. The van der Waals surface area contributed by atoms with Crippen molar-refractivity contribution in [1.82, 2.24) is 19.4 Å². The van der Waals surface area contributed by atoms with E-state index in [2.05, 4.69) is 18.8 Å². The van der Waals surface area contributed by atoms with Gasteiger partial charge in [-0.1, -0.05) is 26.0 Å². The van der Waals surface area contributed by atoms with E-state index in [1.54, 1.807) is 29.4 Å². The maximum absolute atomic E-state index is 13.2. The number of rotatable bonds is 5. The number of halogens is 1. The highest BCUT2D eigenvalue weighted by Gasteiger charge is 2.33. The lowest BCUT2D eigenvalue weighted by molar-refractivity contribution is -0.134. The first-order chi connectivity index (χ1) is 13.3. The van der Waals surface area contributed by atoms with E-state index in [9.17, 15) is 14.0 Å². The van der Waals surface area contributed by atoms with Gasteiger partial charge in [0.2, 0.25) is 11.8 Å². The van der Waals surface area contributed by atoms with Gasteiger partial charge in [0.05, 0.1) is 6.04 Å². The zero-order valence-electron chi connectivity index (χ0n) is 16.6. The molecule has 0 aliphatic carbocycles. The Hall–Kier alpha value is -2.70. The van der Waals surface area contributed by atoms with Crippen LogP contribution in [0, 0.1) is 18.7 Å². The summed E-state index contributed by atoms with van der Waals surface area (Å²) in [5.41, 5.74) is 0.884. The topological polar surface area (TPSA) is 58.4 Å². The Labute approximate surface area is 165 Å². The normalized spacial score (nSPS) is 17.9. The highest BCUT2D eigenvalue weighted by atomic mass is 19.1. The highest BCUT2D eigenvalue weighted by Crippen LogP contribution is 2.21. The van der Waals surface area contributed by atoms with Gasteiger partial charge in [-0.2, -0.15) is 0 Å². The minimum Gasteiger partial charge on any atom is -0.339 e. The molecule has 2 heterocycles. The first-order valence-electron chi connectivity index (χ1n) is 9.64. The van der Waals surface area contributed by atoms with Crippen molar-refractivity contribution in [3.63, 3.8) is 0 Å². The third-order valence-electron chi connectivity index (χ3n) is 5.34. The van der Waals surface area contributed by atoms with Gasteiger partial charge in [0.15, 0.2) is 0 Å². The van der Waals surface area contributed by atoms with Crippen molar-refractivity contribution in [2.24, 2.45) is 5.92 Å². The molecule has 0 saturated carbocycles. The van der Waals surface area contributed by atoms with Crippen molar-refractivity contribution in [2.45, 2.75) is 46.3 Å². The lowest BCUT2D eigenvalue weighted by atomic mass is 10.0. The number of carbonyl (C=O) groups is 2. The number of carbonyl (C=O) groups excluding carboxylic acids is 2. The van der Waals surface area contributed by atoms with E-state index < -0.39 is 0 Å². The van der Waals surface area contributed by atoms with Gasteiger partial charge in [-0.15, -0.1) is 0 Å². The van der Waals surface area contributed by atoms with Crippen LogP contribution >= 0.6 is 0 Å². The van der Waals surface area contributed by atoms with Crippen LogP contribution in [0.2, 0.25) is 0 Å². The predicted molar refractivity (Wildman–Crippen MR) is 104 cm³/mol. The third-order valence-corrected chi connectivity index (χ3v) is 5.34. The fourth-order valence-electron chi connectivity index (χ4n) is 3.58. The first-order valence-corrected chi connectivity index (χ1v) is 9.64. The molecule has 2 amide bonds. The van der Waals surface area contributed by atoms with Crippen LogP contribution in [-0.2, 0) is 22.7 Å². The van der Waals surface area contributed by atoms with Crippen LogP contribution in [0.15, 0.2) is 36.7 Å². The molecule has 3 rings (SSSR count). The molecule has 7 heteroatoms. The summed E-state index contributed by atoms with van der Waals surface area (Å²) in [5, 5.41) is 0. The Balaban J connectivity index is 1.76. The van der Waals surface area contributed by atoms with Crippen LogP contribution in [0.1, 0.15) is 31.7 Å². The molecule has 1 aromatic heterocycles. The maximum Gasteiger partial charge on any atom is 0.242 e. The Morgan fingerprint density at radius 1 is 1.29 bits per heavy atom. The number of hydrogen-bond donors (Lipinski definition) is 0. The van der Waals surface area contributed by atoms with Crippen molar-refractivity contribution in [2.75, 3.05) is 13.1 Å². The summed E-state index contributed by atoms with van der Waals surface area (Å²) in [6.07, 6.45) is 3.76. The van der Waals surface area contributed by atoms with Gasteiger partial charge < -0.3 is 14.4 Å². The van der Waals surface area contributed by atoms with Gasteiger partial charge in [-0.3, -0.25) is 9.59 Å². The molecule has 28 heavy (non-hydrogen) atoms. The molecule has 1 aliphatic rings. The van der Waals surface area contributed by atoms with Crippen LogP contribution in [0.25, 0.3) is 0 Å². The van der Waals surface area contributed by atoms with Crippen molar-refractivity contribution in [3.05, 3.63) is 53.9 Å². The molecule has 0 radical (unpaired) electrons. The lowest BCUT2D eigenvalue weighted by Crippen LogP contribution is -2.47. The zero-order chi connectivity index (χ0) is 20.3. The summed E-state index contributed by atoms with van der Waals surface area (Å²) in [7, 11) is 0. The summed E-state index contributed by atoms with van der Waals surface area (Å²) in [6, 6.07) is 6.13. The molecule has 1 fully saturated rings. The second-order valence-electron chi connectivity index (χ2n) is 7.65. The standard InChI is InChI=1S/C21H27FN4O2/c1-15(2)19-13-25(21(28)14-24-11-9-23-16(24)3)10-8-20(27)26(19)12-17-4-6-18(22)7-5-17/h4-7,9,11,15,19H,8,10,12-14H2,1-3H3/t19-/m0/s1. The molecule has 1 atom stereocenters. The number of imidazole rings is 1. The van der Waals surface area contributed by atoms with E-state index in [1.165, 1.54) is 12.1 Å². The number of nitrogens with zero attached hydrogens (tertiary/aromatic N) is 4. The SMILES string of the molecule is Cc1nccn1CC(=O)N1CCC(=O)N(Cc2ccc(F)cc2)[C@H](C(C)C)C1. The molecular weight excluding hydrogens is 359 g/mol. The smallest absolute Gasteiger partial charge is 0.242 e. The van der Waals surface area contributed by atoms with Crippen molar-refractivity contribution >= 4 is 11.8 Å². The second kappa shape index (κ2) is 8.54. The maximum atomic E-state index is 13.2. The largest absolute Gasteiger partial charge is 0.339 e. The molecule has 0 unspecified atom stereocenters. The first kappa shape index (κ1) is 20.0. The Morgan fingerprint density at radius 2 is 2.00 bits per heavy atom. The molecule has 1 saturated heterocycles. The van der Waals surface area contributed by atoms with Crippen molar-refractivity contribution < 1.29 is 14.0 Å². The molecule has 6 nitrogen and oxygen atoms in total. The number of aryl methyl sites for hydroxylation is 1. The minimum absolute atomic E-state index is 0.0109. The fourth-order valence-corrected chi connectivity index (χ4v) is 3.58. The second-order valence-corrected chi connectivity index (χ2v) is 7.65. The van der Waals surface area contributed by atoms with E-state index in [0.29, 0.717) is 26.1 Å². The van der Waals surface area contributed by atoms with Crippen LogP contribution in [0.4, 0.5) is 4.39 Å². The average molecular weight is 386 g/mol. The molecule has 0 bridgehead atoms. The molecule has 150 valence electrons. The van der Waals surface area contributed by atoms with E-state index in [0.717, 1.165) is 11.4 Å². The summed E-state index contributed by atoms with van der Waals surface area (Å²) in [4.78, 5) is 33.5. The van der Waals surface area contributed by atoms with Gasteiger partial charge in [0.1, 0.15) is 18.2 Å². The van der Waals surface area contributed by atoms with Gasteiger partial charge in [0.25, 0.3) is 0 Å². The Bertz CT molecular complexity index is 831. The number of amides is 2. The molecular formula is C21H27FN4O2. The molecule has 0 spiro atoms. The molecule has 1 aliphatic heterocycles. The minimum atomic E-state index is -0.294. The highest BCUT2D eigenvalue weighted by molar-refractivity contribution is 5.80. The average Bonchev–Trinajstić information content (AvgIpc) is 2.97. The lowest BCUT2D eigenvalue weighted by Gasteiger charge is -2.35. The predicted octanol–water partition coefficient (Wildman–Crippen LogP) is 2.62.